The maximum atomic E-state index is 5.88. The van der Waals surface area contributed by atoms with Crippen molar-refractivity contribution in [3.05, 3.63) is 23.8 Å². The quantitative estimate of drug-likeness (QED) is 0.893. The third-order valence-electron chi connectivity index (χ3n) is 2.81. The topological polar surface area (TPSA) is 78.9 Å². The molecular weight excluding hydrogens is 242 g/mol. The first-order chi connectivity index (χ1) is 9.13. The van der Waals surface area contributed by atoms with Gasteiger partial charge in [-0.15, -0.1) is 0 Å². The van der Waals surface area contributed by atoms with Crippen LogP contribution in [-0.4, -0.2) is 19.7 Å². The van der Waals surface area contributed by atoms with Crippen LogP contribution >= 0.6 is 0 Å². The molecule has 6 nitrogen and oxygen atoms in total. The van der Waals surface area contributed by atoms with Crippen LogP contribution in [-0.2, 0) is 13.0 Å². The fourth-order valence-electron chi connectivity index (χ4n) is 1.68. The highest BCUT2D eigenvalue weighted by Crippen LogP contribution is 2.25. The summed E-state index contributed by atoms with van der Waals surface area (Å²) in [5, 5.41) is 4.16. The fraction of sp³-hybridized carbons (Fsp3) is 0.462. The van der Waals surface area contributed by atoms with E-state index >= 15 is 0 Å². The number of ether oxygens (including phenoxy) is 1. The molecule has 2 heterocycles. The average Bonchev–Trinajstić information content (AvgIpc) is 2.83. The number of nitrogen functional groups attached to an aromatic ring is 1. The number of nitrogens with two attached hydrogens (primary N) is 1. The van der Waals surface area contributed by atoms with Crippen LogP contribution in [0.3, 0.4) is 0 Å². The van der Waals surface area contributed by atoms with E-state index in [2.05, 4.69) is 22.0 Å². The molecule has 2 rings (SSSR count). The summed E-state index contributed by atoms with van der Waals surface area (Å²) >= 11 is 0. The SMILES string of the molecule is CCCc1nc(N)c(C)c(Oc2cnn(CC)c2)n1. The molecule has 2 aromatic rings. The Balaban J connectivity index is 2.27. The van der Waals surface area contributed by atoms with Gasteiger partial charge in [-0.25, -0.2) is 4.98 Å². The largest absolute Gasteiger partial charge is 0.435 e. The molecule has 2 N–H and O–H groups in total. The zero-order chi connectivity index (χ0) is 13.8. The summed E-state index contributed by atoms with van der Waals surface area (Å²) < 4.78 is 7.54. The molecule has 19 heavy (non-hydrogen) atoms. The number of hydrogen-bond donors (Lipinski definition) is 1. The first-order valence-electron chi connectivity index (χ1n) is 6.47. The first-order valence-corrected chi connectivity index (χ1v) is 6.47. The Kier molecular flexibility index (Phi) is 3.99. The van der Waals surface area contributed by atoms with E-state index in [-0.39, 0.29) is 0 Å². The van der Waals surface area contributed by atoms with Crippen LogP contribution < -0.4 is 10.5 Å². The Bertz CT molecular complexity index is 564. The lowest BCUT2D eigenvalue weighted by Crippen LogP contribution is -2.04. The second kappa shape index (κ2) is 5.69. The van der Waals surface area contributed by atoms with Gasteiger partial charge >= 0.3 is 0 Å². The van der Waals surface area contributed by atoms with Crippen molar-refractivity contribution in [1.29, 1.82) is 0 Å². The van der Waals surface area contributed by atoms with E-state index in [4.69, 9.17) is 10.5 Å². The highest BCUT2D eigenvalue weighted by molar-refractivity contribution is 5.45. The summed E-state index contributed by atoms with van der Waals surface area (Å²) in [5.41, 5.74) is 6.64. The van der Waals surface area contributed by atoms with Crippen molar-refractivity contribution in [2.75, 3.05) is 5.73 Å². The summed E-state index contributed by atoms with van der Waals surface area (Å²) in [7, 11) is 0. The molecule has 0 saturated carbocycles. The third kappa shape index (κ3) is 3.01. The van der Waals surface area contributed by atoms with E-state index in [1.807, 2.05) is 20.0 Å². The van der Waals surface area contributed by atoms with E-state index in [0.717, 1.165) is 24.9 Å². The smallest absolute Gasteiger partial charge is 0.227 e. The molecule has 0 aliphatic carbocycles. The van der Waals surface area contributed by atoms with Crippen LogP contribution in [0.15, 0.2) is 12.4 Å². The molecule has 0 radical (unpaired) electrons. The van der Waals surface area contributed by atoms with Crippen molar-refractivity contribution < 1.29 is 4.74 Å². The van der Waals surface area contributed by atoms with Gasteiger partial charge in [0.1, 0.15) is 11.6 Å². The van der Waals surface area contributed by atoms with Crippen molar-refractivity contribution in [2.24, 2.45) is 0 Å². The Morgan fingerprint density at radius 2 is 2.11 bits per heavy atom. The maximum Gasteiger partial charge on any atom is 0.227 e. The van der Waals surface area contributed by atoms with E-state index in [1.165, 1.54) is 0 Å². The summed E-state index contributed by atoms with van der Waals surface area (Å²) in [6.07, 6.45) is 5.25. The normalized spacial score (nSPS) is 10.7. The highest BCUT2D eigenvalue weighted by atomic mass is 16.5. The molecule has 0 unspecified atom stereocenters. The Hall–Kier alpha value is -2.11. The molecule has 0 aliphatic rings. The van der Waals surface area contributed by atoms with Crippen LogP contribution in [0.4, 0.5) is 5.82 Å². The van der Waals surface area contributed by atoms with Crippen molar-refractivity contribution in [2.45, 2.75) is 40.2 Å². The monoisotopic (exact) mass is 261 g/mol. The number of aromatic nitrogens is 4. The zero-order valence-corrected chi connectivity index (χ0v) is 11.6. The number of aryl methyl sites for hydroxylation is 2. The van der Waals surface area contributed by atoms with E-state index in [1.54, 1.807) is 10.9 Å². The summed E-state index contributed by atoms with van der Waals surface area (Å²) in [5.74, 6) is 2.34. The van der Waals surface area contributed by atoms with E-state index in [0.29, 0.717) is 23.3 Å². The maximum absolute atomic E-state index is 5.88. The van der Waals surface area contributed by atoms with E-state index in [9.17, 15) is 0 Å². The molecule has 6 heteroatoms. The zero-order valence-electron chi connectivity index (χ0n) is 11.6. The van der Waals surface area contributed by atoms with Gasteiger partial charge in [0.2, 0.25) is 5.88 Å². The predicted molar refractivity (Wildman–Crippen MR) is 73.2 cm³/mol. The minimum Gasteiger partial charge on any atom is -0.435 e. The number of hydrogen-bond acceptors (Lipinski definition) is 5. The Morgan fingerprint density at radius 3 is 2.74 bits per heavy atom. The molecule has 0 bridgehead atoms. The molecule has 0 aromatic carbocycles. The van der Waals surface area contributed by atoms with Crippen LogP contribution in [0.5, 0.6) is 11.6 Å². The van der Waals surface area contributed by atoms with Gasteiger partial charge < -0.3 is 10.5 Å². The van der Waals surface area contributed by atoms with Gasteiger partial charge in [0.25, 0.3) is 0 Å². The van der Waals surface area contributed by atoms with Crippen molar-refractivity contribution >= 4 is 5.82 Å². The van der Waals surface area contributed by atoms with Crippen LogP contribution in [0, 0.1) is 6.92 Å². The summed E-state index contributed by atoms with van der Waals surface area (Å²) in [6.45, 7) is 6.75. The summed E-state index contributed by atoms with van der Waals surface area (Å²) in [6, 6.07) is 0. The Morgan fingerprint density at radius 1 is 1.32 bits per heavy atom. The molecule has 102 valence electrons. The van der Waals surface area contributed by atoms with E-state index < -0.39 is 0 Å². The number of anilines is 1. The van der Waals surface area contributed by atoms with Gasteiger partial charge in [-0.3, -0.25) is 4.68 Å². The van der Waals surface area contributed by atoms with Crippen LogP contribution in [0.25, 0.3) is 0 Å². The van der Waals surface area contributed by atoms with Gasteiger partial charge in [0.05, 0.1) is 18.0 Å². The average molecular weight is 261 g/mol. The highest BCUT2D eigenvalue weighted by Gasteiger charge is 2.11. The molecule has 2 aromatic heterocycles. The van der Waals surface area contributed by atoms with Crippen molar-refractivity contribution in [1.82, 2.24) is 19.7 Å². The van der Waals surface area contributed by atoms with Gasteiger partial charge in [-0.1, -0.05) is 6.92 Å². The first kappa shape index (κ1) is 13.3. The van der Waals surface area contributed by atoms with Gasteiger partial charge in [0, 0.05) is 13.0 Å². The predicted octanol–water partition coefficient (Wildman–Crippen LogP) is 2.33. The molecule has 0 amide bonds. The fourth-order valence-corrected chi connectivity index (χ4v) is 1.68. The minimum atomic E-state index is 0.469. The van der Waals surface area contributed by atoms with Crippen LogP contribution in [0.2, 0.25) is 0 Å². The lowest BCUT2D eigenvalue weighted by molar-refractivity contribution is 0.453. The third-order valence-corrected chi connectivity index (χ3v) is 2.81. The van der Waals surface area contributed by atoms with Gasteiger partial charge in [0.15, 0.2) is 5.75 Å². The Labute approximate surface area is 112 Å². The molecule has 0 aliphatic heterocycles. The number of nitrogens with zero attached hydrogens (tertiary/aromatic N) is 4. The van der Waals surface area contributed by atoms with Crippen molar-refractivity contribution in [3.63, 3.8) is 0 Å². The molecule has 0 atom stereocenters. The molecule has 0 spiro atoms. The molecule has 0 saturated heterocycles. The summed E-state index contributed by atoms with van der Waals surface area (Å²) in [4.78, 5) is 8.65. The van der Waals surface area contributed by atoms with Gasteiger partial charge in [-0.05, 0) is 20.3 Å². The van der Waals surface area contributed by atoms with Gasteiger partial charge in [-0.2, -0.15) is 10.1 Å². The standard InChI is InChI=1S/C13H19N5O/c1-4-6-11-16-12(14)9(3)13(17-11)19-10-7-15-18(5-2)8-10/h7-8H,4-6H2,1-3H3,(H2,14,16,17). The van der Waals surface area contributed by atoms with Crippen molar-refractivity contribution in [3.8, 4) is 11.6 Å². The number of rotatable bonds is 5. The molecular formula is C13H19N5O. The van der Waals surface area contributed by atoms with Crippen LogP contribution in [0.1, 0.15) is 31.7 Å². The molecule has 0 fully saturated rings. The lowest BCUT2D eigenvalue weighted by Gasteiger charge is -2.09. The second-order valence-corrected chi connectivity index (χ2v) is 4.34. The lowest BCUT2D eigenvalue weighted by atomic mass is 10.3. The minimum absolute atomic E-state index is 0.469. The second-order valence-electron chi connectivity index (χ2n) is 4.34.